The van der Waals surface area contributed by atoms with Gasteiger partial charge in [0.15, 0.2) is 0 Å². The average Bonchev–Trinajstić information content (AvgIpc) is 2.86. The Morgan fingerprint density at radius 3 is 2.11 bits per heavy atom. The first kappa shape index (κ1) is 27.9. The van der Waals surface area contributed by atoms with E-state index in [0.717, 1.165) is 5.56 Å². The van der Waals surface area contributed by atoms with E-state index in [1.165, 1.54) is 24.3 Å². The van der Waals surface area contributed by atoms with Gasteiger partial charge in [-0.25, -0.2) is 0 Å². The van der Waals surface area contributed by atoms with Gasteiger partial charge in [0.25, 0.3) is 5.69 Å². The summed E-state index contributed by atoms with van der Waals surface area (Å²) in [5.41, 5.74) is 6.19. The fourth-order valence-corrected chi connectivity index (χ4v) is 3.23. The fraction of sp³-hybridized carbons (Fsp3) is 0.333. The molecule has 0 aliphatic carbocycles. The van der Waals surface area contributed by atoms with Gasteiger partial charge in [-0.1, -0.05) is 44.2 Å². The Kier molecular flexibility index (Phi) is 10.5. The molecular formula is C24H30N6O6. The average molecular weight is 499 g/mol. The van der Waals surface area contributed by atoms with Crippen LogP contribution in [-0.2, 0) is 25.6 Å². The van der Waals surface area contributed by atoms with E-state index in [0.29, 0.717) is 5.69 Å². The first-order chi connectivity index (χ1) is 17.1. The van der Waals surface area contributed by atoms with Crippen LogP contribution in [0.3, 0.4) is 0 Å². The lowest BCUT2D eigenvalue weighted by Gasteiger charge is -2.25. The lowest BCUT2D eigenvalue weighted by atomic mass is 10.0. The number of amides is 4. The molecule has 0 unspecified atom stereocenters. The largest absolute Gasteiger partial charge is 0.346 e. The van der Waals surface area contributed by atoms with Crippen molar-refractivity contribution in [2.75, 3.05) is 18.4 Å². The van der Waals surface area contributed by atoms with Crippen LogP contribution < -0.4 is 27.0 Å². The van der Waals surface area contributed by atoms with Gasteiger partial charge in [0.1, 0.15) is 12.1 Å². The Balaban J connectivity index is 2.16. The highest BCUT2D eigenvalue weighted by molar-refractivity contribution is 5.99. The van der Waals surface area contributed by atoms with E-state index < -0.39 is 40.6 Å². The number of anilines is 1. The van der Waals surface area contributed by atoms with Crippen molar-refractivity contribution < 1.29 is 24.1 Å². The molecule has 0 spiro atoms. The number of carbonyl (C=O) groups is 4. The smallest absolute Gasteiger partial charge is 0.269 e. The van der Waals surface area contributed by atoms with E-state index in [9.17, 15) is 29.3 Å². The Morgan fingerprint density at radius 1 is 0.917 bits per heavy atom. The summed E-state index contributed by atoms with van der Waals surface area (Å²) in [5, 5.41) is 21.1. The number of non-ortho nitro benzene ring substituents is 1. The molecule has 12 nitrogen and oxygen atoms in total. The van der Waals surface area contributed by atoms with E-state index >= 15 is 0 Å². The molecule has 192 valence electrons. The van der Waals surface area contributed by atoms with Crippen LogP contribution in [-0.4, -0.2) is 53.7 Å². The number of nitro benzene ring substituents is 1. The molecule has 4 amide bonds. The molecule has 0 fully saturated rings. The highest BCUT2D eigenvalue weighted by Gasteiger charge is 2.29. The van der Waals surface area contributed by atoms with Gasteiger partial charge in [-0.3, -0.25) is 29.3 Å². The zero-order chi connectivity index (χ0) is 26.7. The number of hydrogen-bond acceptors (Lipinski definition) is 7. The molecule has 12 heteroatoms. The van der Waals surface area contributed by atoms with E-state index in [1.54, 1.807) is 38.1 Å². The summed E-state index contributed by atoms with van der Waals surface area (Å²) in [4.78, 5) is 60.0. The molecule has 0 aliphatic heterocycles. The number of hydrogen-bond donors (Lipinski definition) is 5. The molecule has 0 aromatic heterocycles. The highest BCUT2D eigenvalue weighted by atomic mass is 16.6. The Bertz CT molecular complexity index is 1070. The van der Waals surface area contributed by atoms with Crippen molar-refractivity contribution in [2.45, 2.75) is 32.4 Å². The number of benzene rings is 2. The van der Waals surface area contributed by atoms with Gasteiger partial charge in [0.05, 0.1) is 18.0 Å². The van der Waals surface area contributed by atoms with Crippen LogP contribution in [0.25, 0.3) is 0 Å². The number of nitrogens with two attached hydrogens (primary N) is 1. The minimum atomic E-state index is -1.01. The van der Waals surface area contributed by atoms with E-state index in [4.69, 9.17) is 5.73 Å². The molecule has 2 aromatic rings. The molecule has 2 rings (SSSR count). The molecule has 0 radical (unpaired) electrons. The molecule has 6 N–H and O–H groups in total. The van der Waals surface area contributed by atoms with Gasteiger partial charge >= 0.3 is 0 Å². The van der Waals surface area contributed by atoms with E-state index in [1.807, 2.05) is 6.07 Å². The quantitative estimate of drug-likeness (QED) is 0.208. The van der Waals surface area contributed by atoms with Crippen LogP contribution in [0.2, 0.25) is 0 Å². The standard InChI is InChI=1S/C24H30N6O6/c1-15(2)22(29-21(32)14-26-20(31)13-25)24(34)28-19(12-16-6-4-3-5-7-16)23(33)27-17-8-10-18(11-9-17)30(35)36/h3-11,15,19,22H,12-14,25H2,1-2H3,(H,26,31)(H,27,33)(H,28,34)(H,29,32)/t19-,22-/m0/s1. The Hall–Kier alpha value is -4.32. The second kappa shape index (κ2) is 13.5. The minimum Gasteiger partial charge on any atom is -0.346 e. The first-order valence-electron chi connectivity index (χ1n) is 11.3. The maximum absolute atomic E-state index is 13.1. The van der Waals surface area contributed by atoms with Crippen LogP contribution >= 0.6 is 0 Å². The molecule has 0 saturated heterocycles. The predicted octanol–water partition coefficient (Wildman–Crippen LogP) is 0.477. The predicted molar refractivity (Wildman–Crippen MR) is 133 cm³/mol. The Morgan fingerprint density at radius 2 is 1.56 bits per heavy atom. The van der Waals surface area contributed by atoms with Gasteiger partial charge in [-0.2, -0.15) is 0 Å². The SMILES string of the molecule is CC(C)[C@H](NC(=O)CNC(=O)CN)C(=O)N[C@@H](Cc1ccccc1)C(=O)Nc1ccc([N+](=O)[O-])cc1. The summed E-state index contributed by atoms with van der Waals surface area (Å²) in [6.45, 7) is 2.84. The lowest BCUT2D eigenvalue weighted by molar-refractivity contribution is -0.384. The fourth-order valence-electron chi connectivity index (χ4n) is 3.23. The van der Waals surface area contributed by atoms with Gasteiger partial charge < -0.3 is 27.0 Å². The third-order valence-electron chi connectivity index (χ3n) is 5.16. The number of nitrogens with one attached hydrogen (secondary N) is 4. The zero-order valence-electron chi connectivity index (χ0n) is 20.0. The van der Waals surface area contributed by atoms with Crippen molar-refractivity contribution in [3.8, 4) is 0 Å². The second-order valence-corrected chi connectivity index (χ2v) is 8.31. The van der Waals surface area contributed by atoms with Crippen molar-refractivity contribution in [1.29, 1.82) is 0 Å². The number of rotatable bonds is 12. The van der Waals surface area contributed by atoms with E-state index in [-0.39, 0.29) is 31.1 Å². The Labute approximate surface area is 208 Å². The van der Waals surface area contributed by atoms with E-state index in [2.05, 4.69) is 21.3 Å². The van der Waals surface area contributed by atoms with Crippen LogP contribution in [0.5, 0.6) is 0 Å². The summed E-state index contributed by atoms with van der Waals surface area (Å²) in [6.07, 6.45) is 0.163. The summed E-state index contributed by atoms with van der Waals surface area (Å²) < 4.78 is 0. The lowest BCUT2D eigenvalue weighted by Crippen LogP contribution is -2.56. The third-order valence-corrected chi connectivity index (χ3v) is 5.16. The van der Waals surface area contributed by atoms with Gasteiger partial charge in [0, 0.05) is 24.2 Å². The number of nitrogens with zero attached hydrogens (tertiary/aromatic N) is 1. The molecule has 0 saturated carbocycles. The second-order valence-electron chi connectivity index (χ2n) is 8.31. The number of nitro groups is 1. The monoisotopic (exact) mass is 498 g/mol. The molecular weight excluding hydrogens is 468 g/mol. The topological polar surface area (TPSA) is 186 Å². The van der Waals surface area contributed by atoms with Gasteiger partial charge in [-0.05, 0) is 23.6 Å². The normalized spacial score (nSPS) is 12.2. The molecule has 0 aliphatic rings. The molecule has 0 bridgehead atoms. The maximum atomic E-state index is 13.1. The molecule has 2 atom stereocenters. The minimum absolute atomic E-state index is 0.125. The van der Waals surface area contributed by atoms with Crippen molar-refractivity contribution in [3.63, 3.8) is 0 Å². The number of carbonyl (C=O) groups excluding carboxylic acids is 4. The molecule has 36 heavy (non-hydrogen) atoms. The molecule has 2 aromatic carbocycles. The van der Waals surface area contributed by atoms with Crippen LogP contribution in [0.15, 0.2) is 54.6 Å². The highest BCUT2D eigenvalue weighted by Crippen LogP contribution is 2.16. The van der Waals surface area contributed by atoms with Crippen LogP contribution in [0, 0.1) is 16.0 Å². The van der Waals surface area contributed by atoms with Gasteiger partial charge in [0.2, 0.25) is 23.6 Å². The summed E-state index contributed by atoms with van der Waals surface area (Å²) in [6, 6.07) is 12.4. The summed E-state index contributed by atoms with van der Waals surface area (Å²) >= 11 is 0. The van der Waals surface area contributed by atoms with Crippen molar-refractivity contribution >= 4 is 35.0 Å². The third kappa shape index (κ3) is 8.80. The maximum Gasteiger partial charge on any atom is 0.269 e. The first-order valence-corrected chi connectivity index (χ1v) is 11.3. The summed E-state index contributed by atoms with van der Waals surface area (Å²) in [5.74, 6) is -2.54. The van der Waals surface area contributed by atoms with Crippen molar-refractivity contribution in [2.24, 2.45) is 11.7 Å². The van der Waals surface area contributed by atoms with Crippen molar-refractivity contribution in [1.82, 2.24) is 16.0 Å². The summed E-state index contributed by atoms with van der Waals surface area (Å²) in [7, 11) is 0. The van der Waals surface area contributed by atoms with Crippen molar-refractivity contribution in [3.05, 3.63) is 70.3 Å². The molecule has 0 heterocycles. The van der Waals surface area contributed by atoms with Crippen LogP contribution in [0.1, 0.15) is 19.4 Å². The zero-order valence-corrected chi connectivity index (χ0v) is 20.0. The van der Waals surface area contributed by atoms with Gasteiger partial charge in [-0.15, -0.1) is 0 Å². The van der Waals surface area contributed by atoms with Crippen LogP contribution in [0.4, 0.5) is 11.4 Å².